The van der Waals surface area contributed by atoms with Crippen molar-refractivity contribution in [2.24, 2.45) is 4.99 Å². The summed E-state index contributed by atoms with van der Waals surface area (Å²) in [6.45, 7) is 4.56. The van der Waals surface area contributed by atoms with Gasteiger partial charge in [0.25, 0.3) is 0 Å². The fourth-order valence-corrected chi connectivity index (χ4v) is 2.34. The van der Waals surface area contributed by atoms with E-state index in [1.54, 1.807) is 25.5 Å². The Hall–Kier alpha value is -1.14. The summed E-state index contributed by atoms with van der Waals surface area (Å²) in [5.41, 5.74) is 0. The first-order valence-corrected chi connectivity index (χ1v) is 7.42. The van der Waals surface area contributed by atoms with Gasteiger partial charge in [0.2, 0.25) is 0 Å². The van der Waals surface area contributed by atoms with Crippen molar-refractivity contribution in [2.45, 2.75) is 32.7 Å². The fourth-order valence-electron chi connectivity index (χ4n) is 1.62. The molecule has 5 nitrogen and oxygen atoms in total. The van der Waals surface area contributed by atoms with Crippen LogP contribution in [0.4, 0.5) is 0 Å². The number of rotatable bonds is 8. The number of unbranched alkanes of at least 4 members (excludes halogenated alkanes) is 2. The summed E-state index contributed by atoms with van der Waals surface area (Å²) in [7, 11) is 3.53. The number of hydrogen-bond acceptors (Lipinski definition) is 4. The third kappa shape index (κ3) is 7.12. The number of aromatic nitrogens is 1. The molecule has 0 atom stereocenters. The van der Waals surface area contributed by atoms with E-state index >= 15 is 0 Å². The first kappa shape index (κ1) is 15.9. The molecule has 0 aromatic carbocycles. The van der Waals surface area contributed by atoms with Crippen molar-refractivity contribution >= 4 is 17.3 Å². The number of hydrogen-bond donors (Lipinski definition) is 2. The van der Waals surface area contributed by atoms with Gasteiger partial charge in [-0.05, 0) is 26.2 Å². The summed E-state index contributed by atoms with van der Waals surface area (Å²) >= 11 is 1.71. The Morgan fingerprint density at radius 1 is 1.37 bits per heavy atom. The van der Waals surface area contributed by atoms with E-state index < -0.39 is 0 Å². The number of nitrogens with zero attached hydrogens (tertiary/aromatic N) is 2. The number of aryl methyl sites for hydroxylation is 1. The topological polar surface area (TPSA) is 58.5 Å². The quantitative estimate of drug-likeness (QED) is 0.435. The number of nitrogens with one attached hydrogen (secondary N) is 2. The van der Waals surface area contributed by atoms with Gasteiger partial charge in [-0.2, -0.15) is 0 Å². The summed E-state index contributed by atoms with van der Waals surface area (Å²) in [5, 5.41) is 7.65. The van der Waals surface area contributed by atoms with Gasteiger partial charge in [0.1, 0.15) is 5.01 Å². The molecule has 0 aliphatic heterocycles. The molecule has 0 bridgehead atoms. The second kappa shape index (κ2) is 9.75. The van der Waals surface area contributed by atoms with Gasteiger partial charge in [0.05, 0.1) is 6.54 Å². The number of aliphatic imine (C=N–C) groups is 1. The van der Waals surface area contributed by atoms with Crippen LogP contribution in [0.15, 0.2) is 11.2 Å². The second-order valence-corrected chi connectivity index (χ2v) is 5.59. The number of ether oxygens (including phenoxy) is 1. The van der Waals surface area contributed by atoms with E-state index in [2.05, 4.69) is 27.5 Å². The van der Waals surface area contributed by atoms with Gasteiger partial charge >= 0.3 is 0 Å². The molecular weight excluding hydrogens is 260 g/mol. The highest BCUT2D eigenvalue weighted by Crippen LogP contribution is 2.10. The highest BCUT2D eigenvalue weighted by atomic mass is 32.1. The predicted molar refractivity (Wildman–Crippen MR) is 80.8 cm³/mol. The normalized spacial score (nSPS) is 11.6. The van der Waals surface area contributed by atoms with Crippen molar-refractivity contribution in [3.05, 3.63) is 16.1 Å². The summed E-state index contributed by atoms with van der Waals surface area (Å²) in [6, 6.07) is 0. The summed E-state index contributed by atoms with van der Waals surface area (Å²) in [4.78, 5) is 9.74. The Morgan fingerprint density at radius 3 is 2.84 bits per heavy atom. The molecule has 0 saturated carbocycles. The molecule has 6 heteroatoms. The maximum atomic E-state index is 5.02. The summed E-state index contributed by atoms with van der Waals surface area (Å²) in [6.07, 6.45) is 5.31. The van der Waals surface area contributed by atoms with Crippen LogP contribution in [0.1, 0.15) is 29.1 Å². The van der Waals surface area contributed by atoms with Crippen molar-refractivity contribution in [1.29, 1.82) is 0 Å². The third-order valence-electron chi connectivity index (χ3n) is 2.62. The first-order valence-electron chi connectivity index (χ1n) is 6.61. The molecule has 0 radical (unpaired) electrons. The lowest BCUT2D eigenvalue weighted by molar-refractivity contribution is 0.192. The zero-order valence-corrected chi connectivity index (χ0v) is 12.8. The third-order valence-corrected chi connectivity index (χ3v) is 3.53. The van der Waals surface area contributed by atoms with Gasteiger partial charge in [-0.15, -0.1) is 11.3 Å². The van der Waals surface area contributed by atoms with Gasteiger partial charge in [-0.3, -0.25) is 4.99 Å². The minimum absolute atomic E-state index is 0.724. The highest BCUT2D eigenvalue weighted by molar-refractivity contribution is 7.11. The van der Waals surface area contributed by atoms with Gasteiger partial charge in [-0.1, -0.05) is 0 Å². The molecule has 2 N–H and O–H groups in total. The molecule has 1 rings (SSSR count). The van der Waals surface area contributed by atoms with Crippen molar-refractivity contribution in [2.75, 3.05) is 27.3 Å². The lowest BCUT2D eigenvalue weighted by Gasteiger charge is -2.10. The van der Waals surface area contributed by atoms with E-state index in [0.29, 0.717) is 0 Å². The van der Waals surface area contributed by atoms with Crippen LogP contribution < -0.4 is 10.6 Å². The van der Waals surface area contributed by atoms with Crippen LogP contribution in [0.5, 0.6) is 0 Å². The smallest absolute Gasteiger partial charge is 0.191 e. The Kier molecular flexibility index (Phi) is 8.16. The Balaban J connectivity index is 2.12. The van der Waals surface area contributed by atoms with E-state index in [4.69, 9.17) is 4.74 Å². The molecule has 1 heterocycles. The van der Waals surface area contributed by atoms with E-state index in [9.17, 15) is 0 Å². The lowest BCUT2D eigenvalue weighted by Crippen LogP contribution is -2.37. The zero-order valence-electron chi connectivity index (χ0n) is 12.0. The number of thiazole rings is 1. The standard InChI is InChI=1S/C13H24N4OS/c1-11-9-16-12(19-11)10-17-13(14-2)15-7-5-4-6-8-18-3/h9H,4-8,10H2,1-3H3,(H2,14,15,17). The number of guanidine groups is 1. The molecule has 1 aromatic heterocycles. The van der Waals surface area contributed by atoms with Crippen LogP contribution in [-0.2, 0) is 11.3 Å². The summed E-state index contributed by atoms with van der Waals surface area (Å²) < 4.78 is 5.02. The minimum Gasteiger partial charge on any atom is -0.385 e. The summed E-state index contributed by atoms with van der Waals surface area (Å²) in [5.74, 6) is 0.833. The van der Waals surface area contributed by atoms with Crippen molar-refractivity contribution in [3.8, 4) is 0 Å². The Morgan fingerprint density at radius 2 is 2.21 bits per heavy atom. The van der Waals surface area contributed by atoms with E-state index in [1.807, 2.05) is 6.20 Å². The highest BCUT2D eigenvalue weighted by Gasteiger charge is 2.01. The zero-order chi connectivity index (χ0) is 13.9. The molecule has 0 aliphatic rings. The van der Waals surface area contributed by atoms with Crippen molar-refractivity contribution in [3.63, 3.8) is 0 Å². The van der Waals surface area contributed by atoms with Gasteiger partial charge < -0.3 is 15.4 Å². The van der Waals surface area contributed by atoms with Crippen LogP contribution in [0, 0.1) is 6.92 Å². The lowest BCUT2D eigenvalue weighted by atomic mass is 10.2. The molecule has 0 unspecified atom stereocenters. The average molecular weight is 284 g/mol. The average Bonchev–Trinajstić information content (AvgIpc) is 2.83. The van der Waals surface area contributed by atoms with Crippen LogP contribution in [0.2, 0.25) is 0 Å². The molecule has 0 saturated heterocycles. The van der Waals surface area contributed by atoms with E-state index in [-0.39, 0.29) is 0 Å². The van der Waals surface area contributed by atoms with Crippen LogP contribution in [0.3, 0.4) is 0 Å². The first-order chi connectivity index (χ1) is 9.26. The Bertz CT molecular complexity index is 378. The molecular formula is C13H24N4OS. The molecule has 1 aromatic rings. The second-order valence-electron chi connectivity index (χ2n) is 4.27. The van der Waals surface area contributed by atoms with Crippen LogP contribution in [-0.4, -0.2) is 38.3 Å². The SMILES string of the molecule is CN=C(NCCCCCOC)NCc1ncc(C)s1. The minimum atomic E-state index is 0.724. The monoisotopic (exact) mass is 284 g/mol. The molecule has 0 spiro atoms. The number of methoxy groups -OCH3 is 1. The van der Waals surface area contributed by atoms with Gasteiger partial charge in [0, 0.05) is 38.4 Å². The van der Waals surface area contributed by atoms with E-state index in [0.717, 1.165) is 43.5 Å². The molecule has 108 valence electrons. The van der Waals surface area contributed by atoms with Crippen molar-refractivity contribution in [1.82, 2.24) is 15.6 Å². The Labute approximate surface area is 119 Å². The maximum absolute atomic E-state index is 5.02. The molecule has 0 fully saturated rings. The van der Waals surface area contributed by atoms with Gasteiger partial charge in [0.15, 0.2) is 5.96 Å². The molecule has 0 amide bonds. The largest absolute Gasteiger partial charge is 0.385 e. The molecule has 19 heavy (non-hydrogen) atoms. The van der Waals surface area contributed by atoms with Crippen molar-refractivity contribution < 1.29 is 4.74 Å². The van der Waals surface area contributed by atoms with E-state index in [1.165, 1.54) is 11.3 Å². The maximum Gasteiger partial charge on any atom is 0.191 e. The molecule has 0 aliphatic carbocycles. The van der Waals surface area contributed by atoms with Gasteiger partial charge in [-0.25, -0.2) is 4.98 Å². The van der Waals surface area contributed by atoms with Crippen LogP contribution >= 0.6 is 11.3 Å². The van der Waals surface area contributed by atoms with Crippen LogP contribution in [0.25, 0.3) is 0 Å². The predicted octanol–water partition coefficient (Wildman–Crippen LogP) is 1.93. The fraction of sp³-hybridized carbons (Fsp3) is 0.692.